The van der Waals surface area contributed by atoms with Gasteiger partial charge in [0.25, 0.3) is 0 Å². The largest absolute Gasteiger partial charge is 0.505 e. The average molecular weight is 378 g/mol. The fourth-order valence-corrected chi connectivity index (χ4v) is 2.25. The predicted octanol–water partition coefficient (Wildman–Crippen LogP) is 1.29. The van der Waals surface area contributed by atoms with Crippen LogP contribution in [0.5, 0.6) is 5.75 Å². The lowest BCUT2D eigenvalue weighted by Gasteiger charge is -2.22. The number of hydrogen-bond donors (Lipinski definition) is 5. The molecule has 1 aromatic heterocycles. The van der Waals surface area contributed by atoms with Crippen molar-refractivity contribution in [3.8, 4) is 5.75 Å². The predicted molar refractivity (Wildman–Crippen MR) is 89.6 cm³/mol. The first-order chi connectivity index (χ1) is 10.8. The summed E-state index contributed by atoms with van der Waals surface area (Å²) < 4.78 is 14.2. The van der Waals surface area contributed by atoms with Crippen molar-refractivity contribution in [3.63, 3.8) is 0 Å². The van der Waals surface area contributed by atoms with Gasteiger partial charge in [0.1, 0.15) is 5.75 Å². The molecule has 0 aliphatic rings. The highest BCUT2D eigenvalue weighted by Gasteiger charge is 2.31. The molecule has 0 aliphatic heterocycles. The lowest BCUT2D eigenvalue weighted by molar-refractivity contribution is -0.138. The van der Waals surface area contributed by atoms with Crippen molar-refractivity contribution in [1.29, 1.82) is 0 Å². The average Bonchev–Trinajstić information content (AvgIpc) is 2.39. The monoisotopic (exact) mass is 378 g/mol. The lowest BCUT2D eigenvalue weighted by atomic mass is 10.0. The number of carbonyl (C=O) groups is 1. The van der Waals surface area contributed by atoms with E-state index < -0.39 is 31.2 Å². The fourth-order valence-electron chi connectivity index (χ4n) is 1.76. The van der Waals surface area contributed by atoms with Gasteiger partial charge in [-0.15, -0.1) is 0 Å². The molecule has 1 rings (SSSR count). The van der Waals surface area contributed by atoms with Gasteiger partial charge >= 0.3 is 13.8 Å². The smallest absolute Gasteiger partial charge is 0.469 e. The summed E-state index contributed by atoms with van der Waals surface area (Å²) in [7, 11) is -4.72. The van der Waals surface area contributed by atoms with Crippen LogP contribution in [0.15, 0.2) is 11.2 Å². The number of aliphatic carboxylic acids is 1. The van der Waals surface area contributed by atoms with Crippen molar-refractivity contribution >= 4 is 32.6 Å². The first-order valence-electron chi connectivity index (χ1n) is 6.69. The van der Waals surface area contributed by atoms with Gasteiger partial charge in [-0.05, 0) is 20.8 Å². The van der Waals surface area contributed by atoms with E-state index in [1.165, 1.54) is 13.1 Å². The lowest BCUT2D eigenvalue weighted by Crippen LogP contribution is -2.36. The number of aromatic hydroxyl groups is 1. The minimum absolute atomic E-state index is 0.0692. The molecule has 9 nitrogen and oxygen atoms in total. The molecule has 0 saturated carbocycles. The van der Waals surface area contributed by atoms with Crippen LogP contribution in [0.1, 0.15) is 30.7 Å². The molecule has 1 heterocycles. The summed E-state index contributed by atoms with van der Waals surface area (Å²) in [5.74, 6) is -1.49. The summed E-state index contributed by atoms with van der Waals surface area (Å²) in [5, 5.41) is 19.3. The fraction of sp³-hybridized carbons (Fsp3) is 0.462. The number of rotatable bonds is 7. The zero-order chi connectivity index (χ0) is 18.7. The van der Waals surface area contributed by atoms with E-state index in [1.807, 2.05) is 0 Å². The molecular formula is C13H19N2O7PS. The number of hydrogen-bond acceptors (Lipinski definition) is 7. The Labute approximate surface area is 144 Å². The van der Waals surface area contributed by atoms with Crippen LogP contribution >= 0.6 is 20.5 Å². The van der Waals surface area contributed by atoms with E-state index in [0.29, 0.717) is 0 Å². The molecule has 0 aliphatic carbocycles. The minimum atomic E-state index is -4.72. The number of nitrogens with zero attached hydrogens (tertiary/aromatic N) is 2. The van der Waals surface area contributed by atoms with Crippen molar-refractivity contribution in [2.45, 2.75) is 38.2 Å². The van der Waals surface area contributed by atoms with Gasteiger partial charge in [0.15, 0.2) is 6.04 Å². The molecule has 0 bridgehead atoms. The van der Waals surface area contributed by atoms with Crippen molar-refractivity contribution in [2.75, 3.05) is 0 Å². The molecule has 4 N–H and O–H groups in total. The van der Waals surface area contributed by atoms with Crippen molar-refractivity contribution in [3.05, 3.63) is 23.0 Å². The van der Waals surface area contributed by atoms with Gasteiger partial charge < -0.3 is 20.0 Å². The van der Waals surface area contributed by atoms with Gasteiger partial charge in [0.05, 0.1) is 12.3 Å². The van der Waals surface area contributed by atoms with Gasteiger partial charge in [0.2, 0.25) is 0 Å². The SMILES string of the molecule is Cc1ncc(COP(=O)(O)O)c(C=N[C@H](C(=O)O)C(C)(C)S)c1O. The number of aliphatic imine (C=N–C) groups is 1. The third-order valence-electron chi connectivity index (χ3n) is 3.00. The Kier molecular flexibility index (Phi) is 6.54. The molecule has 0 fully saturated rings. The van der Waals surface area contributed by atoms with Gasteiger partial charge in [-0.3, -0.25) is 14.5 Å². The maximum atomic E-state index is 11.3. The number of aryl methyl sites for hydroxylation is 1. The van der Waals surface area contributed by atoms with Crippen LogP contribution in [0.25, 0.3) is 0 Å². The highest BCUT2D eigenvalue weighted by atomic mass is 32.1. The van der Waals surface area contributed by atoms with Crippen LogP contribution < -0.4 is 0 Å². The van der Waals surface area contributed by atoms with Gasteiger partial charge in [-0.25, -0.2) is 9.36 Å². The second-order valence-corrected chi connectivity index (χ2v) is 7.96. The van der Waals surface area contributed by atoms with E-state index >= 15 is 0 Å². The molecule has 0 radical (unpaired) electrons. The number of phosphoric acid groups is 1. The first kappa shape index (κ1) is 20.6. The van der Waals surface area contributed by atoms with Crippen LogP contribution in [0.4, 0.5) is 0 Å². The molecular weight excluding hydrogens is 359 g/mol. The number of phosphoric ester groups is 1. The van der Waals surface area contributed by atoms with Crippen molar-refractivity contribution in [2.24, 2.45) is 4.99 Å². The number of aromatic nitrogens is 1. The van der Waals surface area contributed by atoms with Crippen LogP contribution in [0.3, 0.4) is 0 Å². The van der Waals surface area contributed by atoms with Crippen LogP contribution in [-0.4, -0.2) is 48.0 Å². The third-order valence-corrected chi connectivity index (χ3v) is 3.71. The van der Waals surface area contributed by atoms with E-state index in [4.69, 9.17) is 9.79 Å². The molecule has 134 valence electrons. The Balaban J connectivity index is 3.25. The molecule has 0 saturated heterocycles. The number of pyridine rings is 1. The first-order valence-corrected chi connectivity index (χ1v) is 8.66. The van der Waals surface area contributed by atoms with Crippen LogP contribution in [-0.2, 0) is 20.5 Å². The second-order valence-electron chi connectivity index (χ2n) is 5.57. The topological polar surface area (TPSA) is 150 Å². The Morgan fingerprint density at radius 1 is 1.54 bits per heavy atom. The zero-order valence-electron chi connectivity index (χ0n) is 13.2. The highest BCUT2D eigenvalue weighted by molar-refractivity contribution is 7.81. The normalized spacial score (nSPS) is 14.1. The molecule has 0 amide bonds. The van der Waals surface area contributed by atoms with E-state index in [-0.39, 0.29) is 22.6 Å². The highest BCUT2D eigenvalue weighted by Crippen LogP contribution is 2.37. The maximum absolute atomic E-state index is 11.3. The van der Waals surface area contributed by atoms with Crippen LogP contribution in [0, 0.1) is 6.92 Å². The summed E-state index contributed by atoms with van der Waals surface area (Å²) in [5.41, 5.74) is 0.458. The van der Waals surface area contributed by atoms with Gasteiger partial charge in [-0.2, -0.15) is 12.6 Å². The minimum Gasteiger partial charge on any atom is -0.505 e. The van der Waals surface area contributed by atoms with E-state index in [2.05, 4.69) is 27.1 Å². The van der Waals surface area contributed by atoms with Gasteiger partial charge in [-0.1, -0.05) is 0 Å². The maximum Gasteiger partial charge on any atom is 0.469 e. The molecule has 0 aromatic carbocycles. The van der Waals surface area contributed by atoms with E-state index in [1.54, 1.807) is 13.8 Å². The summed E-state index contributed by atoms with van der Waals surface area (Å²) in [6, 6.07) is -1.20. The molecule has 0 spiro atoms. The number of carboxylic acids is 1. The molecule has 24 heavy (non-hydrogen) atoms. The van der Waals surface area contributed by atoms with Crippen LogP contribution in [0.2, 0.25) is 0 Å². The number of thiol groups is 1. The van der Waals surface area contributed by atoms with Gasteiger partial charge in [0, 0.05) is 28.3 Å². The summed E-state index contributed by atoms with van der Waals surface area (Å²) in [6.07, 6.45) is 2.37. The standard InChI is InChI=1S/C13H19N2O7PS/c1-7-10(16)9(5-15-11(12(17)18)13(2,3)24)8(4-14-7)6-22-23(19,20)21/h4-5,11,16,24H,6H2,1-3H3,(H,17,18)(H2,19,20,21)/t11-/m1/s1. The van der Waals surface area contributed by atoms with E-state index in [9.17, 15) is 19.6 Å². The Morgan fingerprint density at radius 3 is 2.58 bits per heavy atom. The summed E-state index contributed by atoms with van der Waals surface area (Å²) in [6.45, 7) is 4.12. The summed E-state index contributed by atoms with van der Waals surface area (Å²) >= 11 is 4.19. The van der Waals surface area contributed by atoms with E-state index in [0.717, 1.165) is 6.21 Å². The Bertz CT molecular complexity index is 696. The Morgan fingerprint density at radius 2 is 2.12 bits per heavy atom. The molecule has 1 atom stereocenters. The molecule has 11 heteroatoms. The second kappa shape index (κ2) is 7.62. The molecule has 0 unspecified atom stereocenters. The Hall–Kier alpha value is -1.45. The number of carboxylic acid groups (broad SMARTS) is 1. The summed E-state index contributed by atoms with van der Waals surface area (Å²) in [4.78, 5) is 36.7. The molecule has 1 aromatic rings. The van der Waals surface area contributed by atoms with Crippen molar-refractivity contribution < 1.29 is 33.9 Å². The zero-order valence-corrected chi connectivity index (χ0v) is 15.0. The van der Waals surface area contributed by atoms with Crippen molar-refractivity contribution in [1.82, 2.24) is 4.98 Å². The third kappa shape index (κ3) is 5.88. The quantitative estimate of drug-likeness (QED) is 0.271.